The van der Waals surface area contributed by atoms with E-state index in [1.54, 1.807) is 54.6 Å². The van der Waals surface area contributed by atoms with Gasteiger partial charge in [0.1, 0.15) is 0 Å². The van der Waals surface area contributed by atoms with Crippen molar-refractivity contribution in [2.24, 2.45) is 0 Å². The number of nitrogens with one attached hydrogen (secondary N) is 3. The largest absolute Gasteiger partial charge is 0.352 e. The van der Waals surface area contributed by atoms with Gasteiger partial charge in [0.15, 0.2) is 0 Å². The lowest BCUT2D eigenvalue weighted by Gasteiger charge is -2.08. The fourth-order valence-electron chi connectivity index (χ4n) is 1.85. The third-order valence-corrected chi connectivity index (χ3v) is 3.08. The SMILES string of the molecule is CC(=O)NCc1ccc(C(=O)NNC(=O)c2ccccc2)cc1. The Morgan fingerprint density at radius 2 is 1.30 bits per heavy atom. The summed E-state index contributed by atoms with van der Waals surface area (Å²) < 4.78 is 0. The molecule has 0 spiro atoms. The van der Waals surface area contributed by atoms with Crippen LogP contribution in [0.3, 0.4) is 0 Å². The molecule has 0 bridgehead atoms. The number of carbonyl (C=O) groups is 3. The van der Waals surface area contributed by atoms with Crippen LogP contribution in [0.1, 0.15) is 33.2 Å². The minimum Gasteiger partial charge on any atom is -0.352 e. The van der Waals surface area contributed by atoms with Crippen molar-refractivity contribution >= 4 is 17.7 Å². The van der Waals surface area contributed by atoms with E-state index in [0.717, 1.165) is 5.56 Å². The smallest absolute Gasteiger partial charge is 0.269 e. The average molecular weight is 311 g/mol. The first-order valence-corrected chi connectivity index (χ1v) is 7.05. The van der Waals surface area contributed by atoms with Crippen LogP contribution in [0.5, 0.6) is 0 Å². The zero-order valence-corrected chi connectivity index (χ0v) is 12.6. The van der Waals surface area contributed by atoms with Crippen LogP contribution in [0, 0.1) is 0 Å². The molecule has 2 aromatic rings. The van der Waals surface area contributed by atoms with E-state index in [2.05, 4.69) is 16.2 Å². The normalized spacial score (nSPS) is 9.78. The summed E-state index contributed by atoms with van der Waals surface area (Å²) in [7, 11) is 0. The maximum Gasteiger partial charge on any atom is 0.269 e. The van der Waals surface area contributed by atoms with Gasteiger partial charge in [-0.3, -0.25) is 25.2 Å². The summed E-state index contributed by atoms with van der Waals surface area (Å²) >= 11 is 0. The van der Waals surface area contributed by atoms with Crippen LogP contribution in [0.15, 0.2) is 54.6 Å². The fourth-order valence-corrected chi connectivity index (χ4v) is 1.85. The molecule has 0 unspecified atom stereocenters. The Hall–Kier alpha value is -3.15. The van der Waals surface area contributed by atoms with Gasteiger partial charge < -0.3 is 5.32 Å². The van der Waals surface area contributed by atoms with E-state index in [-0.39, 0.29) is 11.8 Å². The van der Waals surface area contributed by atoms with E-state index in [0.29, 0.717) is 17.7 Å². The third kappa shape index (κ3) is 4.96. The first-order chi connectivity index (χ1) is 11.1. The first kappa shape index (κ1) is 16.2. The molecule has 2 aromatic carbocycles. The molecule has 0 heterocycles. The Kier molecular flexibility index (Phi) is 5.46. The van der Waals surface area contributed by atoms with E-state index in [4.69, 9.17) is 0 Å². The van der Waals surface area contributed by atoms with Crippen LogP contribution in [0.25, 0.3) is 0 Å². The number of hydrazine groups is 1. The summed E-state index contributed by atoms with van der Waals surface area (Å²) in [5.74, 6) is -0.919. The van der Waals surface area contributed by atoms with Gasteiger partial charge in [0.05, 0.1) is 0 Å². The second-order valence-electron chi connectivity index (χ2n) is 4.88. The van der Waals surface area contributed by atoms with Gasteiger partial charge in [-0.05, 0) is 29.8 Å². The molecule has 2 rings (SSSR count). The Labute approximate surface area is 133 Å². The molecule has 0 aliphatic heterocycles. The van der Waals surface area contributed by atoms with Crippen molar-refractivity contribution in [3.05, 3.63) is 71.3 Å². The van der Waals surface area contributed by atoms with Crippen molar-refractivity contribution in [3.63, 3.8) is 0 Å². The minimum absolute atomic E-state index is 0.115. The average Bonchev–Trinajstić information content (AvgIpc) is 2.58. The highest BCUT2D eigenvalue weighted by atomic mass is 16.2. The van der Waals surface area contributed by atoms with Crippen molar-refractivity contribution in [1.29, 1.82) is 0 Å². The summed E-state index contributed by atoms with van der Waals surface area (Å²) in [6.07, 6.45) is 0. The van der Waals surface area contributed by atoms with Gasteiger partial charge in [-0.25, -0.2) is 0 Å². The van der Waals surface area contributed by atoms with E-state index in [9.17, 15) is 14.4 Å². The summed E-state index contributed by atoms with van der Waals surface area (Å²) in [6.45, 7) is 1.85. The van der Waals surface area contributed by atoms with E-state index >= 15 is 0 Å². The molecule has 6 heteroatoms. The van der Waals surface area contributed by atoms with Gasteiger partial charge in [-0.1, -0.05) is 30.3 Å². The molecule has 0 aliphatic rings. The predicted octanol–water partition coefficient (Wildman–Crippen LogP) is 1.40. The second-order valence-corrected chi connectivity index (χ2v) is 4.88. The van der Waals surface area contributed by atoms with Crippen molar-refractivity contribution in [2.45, 2.75) is 13.5 Å². The summed E-state index contributed by atoms with van der Waals surface area (Å²) in [5, 5.41) is 2.67. The Bertz CT molecular complexity index is 697. The van der Waals surface area contributed by atoms with E-state index in [1.165, 1.54) is 6.92 Å². The van der Waals surface area contributed by atoms with Gasteiger partial charge in [0.25, 0.3) is 11.8 Å². The number of benzene rings is 2. The monoisotopic (exact) mass is 311 g/mol. The molecular weight excluding hydrogens is 294 g/mol. The lowest BCUT2D eigenvalue weighted by atomic mass is 10.1. The standard InChI is InChI=1S/C17H17N3O3/c1-12(21)18-11-13-7-9-15(10-8-13)17(23)20-19-16(22)14-5-3-2-4-6-14/h2-10H,11H2,1H3,(H,18,21)(H,19,22)(H,20,23). The highest BCUT2D eigenvalue weighted by Crippen LogP contribution is 2.04. The van der Waals surface area contributed by atoms with Crippen molar-refractivity contribution < 1.29 is 14.4 Å². The minimum atomic E-state index is -0.416. The first-order valence-electron chi connectivity index (χ1n) is 7.05. The second kappa shape index (κ2) is 7.74. The molecule has 6 nitrogen and oxygen atoms in total. The van der Waals surface area contributed by atoms with Crippen molar-refractivity contribution in [3.8, 4) is 0 Å². The predicted molar refractivity (Wildman–Crippen MR) is 85.3 cm³/mol. The molecule has 118 valence electrons. The number of carbonyl (C=O) groups excluding carboxylic acids is 3. The van der Waals surface area contributed by atoms with Gasteiger partial charge in [-0.2, -0.15) is 0 Å². The van der Waals surface area contributed by atoms with Crippen LogP contribution in [0.2, 0.25) is 0 Å². The third-order valence-electron chi connectivity index (χ3n) is 3.08. The molecule has 0 saturated heterocycles. The molecule has 0 aliphatic carbocycles. The van der Waals surface area contributed by atoms with E-state index in [1.807, 2.05) is 0 Å². The molecule has 23 heavy (non-hydrogen) atoms. The zero-order chi connectivity index (χ0) is 16.7. The Morgan fingerprint density at radius 1 is 0.783 bits per heavy atom. The Morgan fingerprint density at radius 3 is 1.83 bits per heavy atom. The zero-order valence-electron chi connectivity index (χ0n) is 12.6. The number of rotatable bonds is 4. The van der Waals surface area contributed by atoms with Crippen LogP contribution < -0.4 is 16.2 Å². The molecule has 0 radical (unpaired) electrons. The van der Waals surface area contributed by atoms with Crippen LogP contribution in [0.4, 0.5) is 0 Å². The van der Waals surface area contributed by atoms with Gasteiger partial charge in [0, 0.05) is 24.6 Å². The van der Waals surface area contributed by atoms with Crippen molar-refractivity contribution in [2.75, 3.05) is 0 Å². The Balaban J connectivity index is 1.88. The summed E-state index contributed by atoms with van der Waals surface area (Å²) in [6, 6.07) is 15.3. The van der Waals surface area contributed by atoms with E-state index < -0.39 is 5.91 Å². The van der Waals surface area contributed by atoms with Crippen LogP contribution >= 0.6 is 0 Å². The topological polar surface area (TPSA) is 87.3 Å². The lowest BCUT2D eigenvalue weighted by molar-refractivity contribution is -0.119. The quantitative estimate of drug-likeness (QED) is 0.746. The fraction of sp³-hybridized carbons (Fsp3) is 0.118. The van der Waals surface area contributed by atoms with Crippen LogP contribution in [-0.4, -0.2) is 17.7 Å². The maximum atomic E-state index is 12.0. The molecule has 0 atom stereocenters. The number of amides is 3. The number of hydrogen-bond acceptors (Lipinski definition) is 3. The number of hydrogen-bond donors (Lipinski definition) is 3. The summed E-state index contributed by atoms with van der Waals surface area (Å²) in [5.41, 5.74) is 6.46. The molecule has 0 aromatic heterocycles. The summed E-state index contributed by atoms with van der Waals surface area (Å²) in [4.78, 5) is 34.6. The highest BCUT2D eigenvalue weighted by molar-refractivity contribution is 5.99. The molecular formula is C17H17N3O3. The molecule has 0 saturated carbocycles. The molecule has 3 amide bonds. The highest BCUT2D eigenvalue weighted by Gasteiger charge is 2.08. The van der Waals surface area contributed by atoms with Gasteiger partial charge in [0.2, 0.25) is 5.91 Å². The maximum absolute atomic E-state index is 12.0. The van der Waals surface area contributed by atoms with Gasteiger partial charge in [-0.15, -0.1) is 0 Å². The molecule has 0 fully saturated rings. The molecule has 3 N–H and O–H groups in total. The van der Waals surface area contributed by atoms with Gasteiger partial charge >= 0.3 is 0 Å². The van der Waals surface area contributed by atoms with Crippen molar-refractivity contribution in [1.82, 2.24) is 16.2 Å². The van der Waals surface area contributed by atoms with Crippen LogP contribution in [-0.2, 0) is 11.3 Å². The lowest BCUT2D eigenvalue weighted by Crippen LogP contribution is -2.41.